The van der Waals surface area contributed by atoms with Crippen LogP contribution in [0.1, 0.15) is 52.1 Å². The maximum absolute atomic E-state index is 4.33. The molecule has 2 unspecified atom stereocenters. The average Bonchev–Trinajstić information content (AvgIpc) is 2.84. The van der Waals surface area contributed by atoms with Gasteiger partial charge in [0.25, 0.3) is 0 Å². The van der Waals surface area contributed by atoms with E-state index in [-0.39, 0.29) is 0 Å². The first-order chi connectivity index (χ1) is 8.72. The van der Waals surface area contributed by atoms with Crippen LogP contribution in [0.15, 0.2) is 12.3 Å². The highest BCUT2D eigenvalue weighted by molar-refractivity contribution is 5.00. The minimum Gasteiger partial charge on any atom is -0.308 e. The first kappa shape index (κ1) is 13.6. The average molecular weight is 249 g/mol. The number of aromatic nitrogens is 2. The van der Waals surface area contributed by atoms with E-state index in [0.717, 1.165) is 24.9 Å². The third-order valence-corrected chi connectivity index (χ3v) is 4.33. The van der Waals surface area contributed by atoms with Crippen molar-refractivity contribution in [2.75, 3.05) is 0 Å². The molecule has 1 heterocycles. The summed E-state index contributed by atoms with van der Waals surface area (Å²) in [5.74, 6) is 1.63. The van der Waals surface area contributed by atoms with Gasteiger partial charge < -0.3 is 5.32 Å². The second-order valence-electron chi connectivity index (χ2n) is 5.82. The van der Waals surface area contributed by atoms with Crippen LogP contribution in [0, 0.1) is 11.8 Å². The van der Waals surface area contributed by atoms with Crippen molar-refractivity contribution < 1.29 is 0 Å². The van der Waals surface area contributed by atoms with Crippen LogP contribution in [0.4, 0.5) is 0 Å². The highest BCUT2D eigenvalue weighted by Crippen LogP contribution is 2.30. The maximum atomic E-state index is 4.33. The molecule has 1 fully saturated rings. The molecule has 1 saturated carbocycles. The summed E-state index contributed by atoms with van der Waals surface area (Å²) in [4.78, 5) is 0. The van der Waals surface area contributed by atoms with Crippen molar-refractivity contribution in [3.8, 4) is 0 Å². The minimum atomic E-state index is 0.693. The Kier molecular flexibility index (Phi) is 4.81. The monoisotopic (exact) mass is 249 g/mol. The van der Waals surface area contributed by atoms with Gasteiger partial charge in [-0.25, -0.2) is 0 Å². The summed E-state index contributed by atoms with van der Waals surface area (Å²) in [6.45, 7) is 8.79. The molecule has 1 aromatic rings. The lowest BCUT2D eigenvalue weighted by molar-refractivity contribution is 0.203. The summed E-state index contributed by atoms with van der Waals surface area (Å²) < 4.78 is 2.08. The van der Waals surface area contributed by atoms with E-state index in [1.54, 1.807) is 0 Å². The molecule has 3 heteroatoms. The Morgan fingerprint density at radius 2 is 2.17 bits per heavy atom. The molecule has 0 bridgehead atoms. The normalized spacial score (nSPS) is 24.7. The van der Waals surface area contributed by atoms with Gasteiger partial charge in [-0.3, -0.25) is 4.68 Å². The van der Waals surface area contributed by atoms with Crippen molar-refractivity contribution >= 4 is 0 Å². The van der Waals surface area contributed by atoms with Crippen LogP contribution in [-0.2, 0) is 13.1 Å². The fourth-order valence-electron chi connectivity index (χ4n) is 3.24. The number of hydrogen-bond acceptors (Lipinski definition) is 2. The fraction of sp³-hybridized carbons (Fsp3) is 0.800. The van der Waals surface area contributed by atoms with Gasteiger partial charge in [0, 0.05) is 25.3 Å². The summed E-state index contributed by atoms with van der Waals surface area (Å²) in [6, 6.07) is 2.82. The Balaban J connectivity index is 1.91. The highest BCUT2D eigenvalue weighted by atomic mass is 15.3. The van der Waals surface area contributed by atoms with E-state index < -0.39 is 0 Å². The number of hydrogen-bond donors (Lipinski definition) is 1. The van der Waals surface area contributed by atoms with Crippen LogP contribution in [0.3, 0.4) is 0 Å². The van der Waals surface area contributed by atoms with Gasteiger partial charge >= 0.3 is 0 Å². The van der Waals surface area contributed by atoms with Crippen LogP contribution < -0.4 is 5.32 Å². The summed E-state index contributed by atoms with van der Waals surface area (Å²) >= 11 is 0. The molecule has 0 aromatic carbocycles. The molecule has 1 N–H and O–H groups in total. The summed E-state index contributed by atoms with van der Waals surface area (Å²) in [5.41, 5.74) is 1.31. The van der Waals surface area contributed by atoms with Crippen LogP contribution in [0.25, 0.3) is 0 Å². The second kappa shape index (κ2) is 6.37. The number of nitrogens with zero attached hydrogens (tertiary/aromatic N) is 2. The Morgan fingerprint density at radius 3 is 2.89 bits per heavy atom. The largest absolute Gasteiger partial charge is 0.308 e. The summed E-state index contributed by atoms with van der Waals surface area (Å²) in [5, 5.41) is 8.10. The Labute approximate surface area is 111 Å². The topological polar surface area (TPSA) is 29.9 Å². The van der Waals surface area contributed by atoms with Gasteiger partial charge in [-0.1, -0.05) is 26.7 Å². The zero-order chi connectivity index (χ0) is 13.0. The molecule has 0 radical (unpaired) electrons. The van der Waals surface area contributed by atoms with Crippen LogP contribution >= 0.6 is 0 Å². The molecule has 0 spiro atoms. The SMILES string of the molecule is CCn1nccc1CNC1CCCCC1C(C)C. The maximum Gasteiger partial charge on any atom is 0.0522 e. The molecule has 1 aliphatic rings. The van der Waals surface area contributed by atoms with E-state index in [0.29, 0.717) is 6.04 Å². The molecule has 0 aliphatic heterocycles. The van der Waals surface area contributed by atoms with E-state index >= 15 is 0 Å². The van der Waals surface area contributed by atoms with E-state index in [9.17, 15) is 0 Å². The van der Waals surface area contributed by atoms with Gasteiger partial charge in [0.2, 0.25) is 0 Å². The van der Waals surface area contributed by atoms with Crippen LogP contribution in [-0.4, -0.2) is 15.8 Å². The highest BCUT2D eigenvalue weighted by Gasteiger charge is 2.27. The quantitative estimate of drug-likeness (QED) is 0.868. The third kappa shape index (κ3) is 3.14. The summed E-state index contributed by atoms with van der Waals surface area (Å²) in [7, 11) is 0. The van der Waals surface area contributed by atoms with Crippen molar-refractivity contribution in [1.82, 2.24) is 15.1 Å². The number of aryl methyl sites for hydroxylation is 1. The molecule has 102 valence electrons. The third-order valence-electron chi connectivity index (χ3n) is 4.33. The molecular weight excluding hydrogens is 222 g/mol. The Morgan fingerprint density at radius 1 is 1.39 bits per heavy atom. The lowest BCUT2D eigenvalue weighted by Gasteiger charge is -2.35. The van der Waals surface area contributed by atoms with Gasteiger partial charge in [-0.15, -0.1) is 0 Å². The predicted molar refractivity (Wildman–Crippen MR) is 75.3 cm³/mol. The van der Waals surface area contributed by atoms with Gasteiger partial charge in [0.15, 0.2) is 0 Å². The minimum absolute atomic E-state index is 0.693. The van der Waals surface area contributed by atoms with Crippen molar-refractivity contribution in [2.45, 2.75) is 65.6 Å². The van der Waals surface area contributed by atoms with E-state index in [4.69, 9.17) is 0 Å². The van der Waals surface area contributed by atoms with E-state index in [1.807, 2.05) is 6.20 Å². The van der Waals surface area contributed by atoms with E-state index in [1.165, 1.54) is 31.4 Å². The molecule has 1 aromatic heterocycles. The van der Waals surface area contributed by atoms with E-state index in [2.05, 4.69) is 41.9 Å². The van der Waals surface area contributed by atoms with Crippen molar-refractivity contribution in [3.05, 3.63) is 18.0 Å². The lowest BCUT2D eigenvalue weighted by atomic mass is 9.78. The Hall–Kier alpha value is -0.830. The number of nitrogens with one attached hydrogen (secondary N) is 1. The second-order valence-corrected chi connectivity index (χ2v) is 5.82. The zero-order valence-corrected chi connectivity index (χ0v) is 12.0. The first-order valence-corrected chi connectivity index (χ1v) is 7.46. The van der Waals surface area contributed by atoms with Gasteiger partial charge in [0.05, 0.1) is 5.69 Å². The fourth-order valence-corrected chi connectivity index (χ4v) is 3.24. The number of rotatable bonds is 5. The molecule has 1 aliphatic carbocycles. The molecule has 2 rings (SSSR count). The standard InChI is InChI=1S/C15H27N3/c1-4-18-13(9-10-17-18)11-16-15-8-6-5-7-14(15)12(2)3/h9-10,12,14-16H,4-8,11H2,1-3H3. The zero-order valence-electron chi connectivity index (χ0n) is 12.0. The van der Waals surface area contributed by atoms with Crippen LogP contribution in [0.5, 0.6) is 0 Å². The summed E-state index contributed by atoms with van der Waals surface area (Å²) in [6.07, 6.45) is 7.43. The predicted octanol–water partition coefficient (Wildman–Crippen LogP) is 3.21. The Bertz CT molecular complexity index is 356. The molecule has 0 saturated heterocycles. The van der Waals surface area contributed by atoms with Crippen molar-refractivity contribution in [2.24, 2.45) is 11.8 Å². The molecule has 3 nitrogen and oxygen atoms in total. The molecule has 0 amide bonds. The lowest BCUT2D eigenvalue weighted by Crippen LogP contribution is -2.40. The van der Waals surface area contributed by atoms with Crippen molar-refractivity contribution in [1.29, 1.82) is 0 Å². The molecular formula is C15H27N3. The molecule has 2 atom stereocenters. The van der Waals surface area contributed by atoms with Gasteiger partial charge in [-0.05, 0) is 37.7 Å². The smallest absolute Gasteiger partial charge is 0.0522 e. The van der Waals surface area contributed by atoms with Gasteiger partial charge in [-0.2, -0.15) is 5.10 Å². The first-order valence-electron chi connectivity index (χ1n) is 7.46. The van der Waals surface area contributed by atoms with Crippen molar-refractivity contribution in [3.63, 3.8) is 0 Å². The van der Waals surface area contributed by atoms with Crippen LogP contribution in [0.2, 0.25) is 0 Å². The van der Waals surface area contributed by atoms with Gasteiger partial charge in [0.1, 0.15) is 0 Å². The molecule has 18 heavy (non-hydrogen) atoms.